The van der Waals surface area contributed by atoms with Gasteiger partial charge in [-0.2, -0.15) is 4.31 Å². The fourth-order valence-electron chi connectivity index (χ4n) is 4.48. The molecule has 0 atom stereocenters. The first-order valence-corrected chi connectivity index (χ1v) is 12.4. The van der Waals surface area contributed by atoms with Gasteiger partial charge in [0.1, 0.15) is 5.82 Å². The Morgan fingerprint density at radius 1 is 0.818 bits per heavy atom. The summed E-state index contributed by atoms with van der Waals surface area (Å²) >= 11 is 0. The quantitative estimate of drug-likeness (QED) is 0.592. The number of piperazine rings is 1. The Labute approximate surface area is 192 Å². The lowest BCUT2D eigenvalue weighted by atomic mass is 10.1. The molecular weight excluding hydrogens is 441 g/mol. The molecule has 2 aliphatic rings. The number of hydrogen-bond donors (Lipinski definition) is 0. The fraction of sp³-hybridized carbons (Fsp3) is 0.240. The van der Waals surface area contributed by atoms with Gasteiger partial charge in [-0.15, -0.1) is 0 Å². The minimum absolute atomic E-state index is 0.121. The average molecular weight is 466 g/mol. The molecule has 170 valence electrons. The van der Waals surface area contributed by atoms with Crippen LogP contribution in [-0.4, -0.2) is 51.4 Å². The predicted molar refractivity (Wildman–Crippen MR) is 126 cm³/mol. The third-order valence-corrected chi connectivity index (χ3v) is 8.18. The molecule has 8 heteroatoms. The van der Waals surface area contributed by atoms with Gasteiger partial charge >= 0.3 is 0 Å². The van der Waals surface area contributed by atoms with E-state index in [9.17, 15) is 17.6 Å². The van der Waals surface area contributed by atoms with Crippen LogP contribution in [0.25, 0.3) is 0 Å². The van der Waals surface area contributed by atoms with E-state index in [1.807, 2.05) is 29.2 Å². The van der Waals surface area contributed by atoms with Crippen LogP contribution in [-0.2, 0) is 16.4 Å². The molecule has 0 unspecified atom stereocenters. The number of carbonyl (C=O) groups excluding carboxylic acids is 1. The van der Waals surface area contributed by atoms with Crippen molar-refractivity contribution in [2.24, 2.45) is 0 Å². The molecule has 1 amide bonds. The number of anilines is 2. The van der Waals surface area contributed by atoms with Crippen LogP contribution in [0.3, 0.4) is 0 Å². The Morgan fingerprint density at radius 3 is 2.30 bits per heavy atom. The van der Waals surface area contributed by atoms with Crippen molar-refractivity contribution >= 4 is 27.3 Å². The van der Waals surface area contributed by atoms with Crippen molar-refractivity contribution in [1.29, 1.82) is 0 Å². The highest BCUT2D eigenvalue weighted by Gasteiger charge is 2.30. The van der Waals surface area contributed by atoms with Gasteiger partial charge in [-0.3, -0.25) is 4.79 Å². The Kier molecular flexibility index (Phi) is 5.64. The molecule has 6 nitrogen and oxygen atoms in total. The summed E-state index contributed by atoms with van der Waals surface area (Å²) in [5.74, 6) is -0.495. The second-order valence-corrected chi connectivity index (χ2v) is 10.2. The van der Waals surface area contributed by atoms with Gasteiger partial charge in [-0.05, 0) is 60.5 Å². The topological polar surface area (TPSA) is 60.9 Å². The first-order valence-electron chi connectivity index (χ1n) is 10.9. The molecule has 2 aliphatic heterocycles. The molecule has 2 heterocycles. The Balaban J connectivity index is 1.32. The zero-order valence-corrected chi connectivity index (χ0v) is 18.8. The molecular formula is C25H24FN3O3S. The predicted octanol–water partition coefficient (Wildman–Crippen LogP) is 3.54. The van der Waals surface area contributed by atoms with E-state index in [2.05, 4.69) is 0 Å². The van der Waals surface area contributed by atoms with Crippen LogP contribution in [0.15, 0.2) is 77.7 Å². The lowest BCUT2D eigenvalue weighted by Crippen LogP contribution is -2.48. The van der Waals surface area contributed by atoms with E-state index in [0.717, 1.165) is 23.4 Å². The molecule has 33 heavy (non-hydrogen) atoms. The van der Waals surface area contributed by atoms with Crippen LogP contribution in [0.1, 0.15) is 15.9 Å². The van der Waals surface area contributed by atoms with E-state index in [-0.39, 0.29) is 16.6 Å². The summed E-state index contributed by atoms with van der Waals surface area (Å²) < 4.78 is 41.2. The third-order valence-electron chi connectivity index (χ3n) is 6.28. The molecule has 3 aromatic carbocycles. The zero-order valence-electron chi connectivity index (χ0n) is 18.0. The van der Waals surface area contributed by atoms with Crippen molar-refractivity contribution in [1.82, 2.24) is 4.31 Å². The lowest BCUT2D eigenvalue weighted by Gasteiger charge is -2.35. The standard InChI is InChI=1S/C25H24FN3O3S/c26-21-8-10-22(11-9-21)27-14-16-28(17-15-27)33(31,32)23-6-3-5-20(18-23)25(30)29-13-12-19-4-1-2-7-24(19)29/h1-11,18H,12-17H2. The SMILES string of the molecule is O=C(c1cccc(S(=O)(=O)N2CCN(c3ccc(F)cc3)CC2)c1)N1CCc2ccccc21. The van der Waals surface area contributed by atoms with E-state index < -0.39 is 10.0 Å². The number of benzene rings is 3. The highest BCUT2D eigenvalue weighted by molar-refractivity contribution is 7.89. The molecule has 0 spiro atoms. The van der Waals surface area contributed by atoms with E-state index >= 15 is 0 Å². The van der Waals surface area contributed by atoms with Crippen LogP contribution in [0.5, 0.6) is 0 Å². The van der Waals surface area contributed by atoms with Crippen molar-refractivity contribution in [3.8, 4) is 0 Å². The summed E-state index contributed by atoms with van der Waals surface area (Å²) in [6.07, 6.45) is 0.790. The molecule has 0 saturated carbocycles. The van der Waals surface area contributed by atoms with Crippen LogP contribution >= 0.6 is 0 Å². The summed E-state index contributed by atoms with van der Waals surface area (Å²) in [6.45, 7) is 2.23. The first-order chi connectivity index (χ1) is 15.9. The molecule has 0 radical (unpaired) electrons. The number of fused-ring (bicyclic) bond motifs is 1. The highest BCUT2D eigenvalue weighted by Crippen LogP contribution is 2.29. The van der Waals surface area contributed by atoms with Crippen molar-refractivity contribution in [3.63, 3.8) is 0 Å². The summed E-state index contributed by atoms with van der Waals surface area (Å²) in [5.41, 5.74) is 3.23. The van der Waals surface area contributed by atoms with Crippen molar-refractivity contribution < 1.29 is 17.6 Å². The molecule has 1 fully saturated rings. The number of rotatable bonds is 4. The zero-order chi connectivity index (χ0) is 23.0. The second kappa shape index (κ2) is 8.61. The first kappa shape index (κ1) is 21.6. The summed E-state index contributed by atoms with van der Waals surface area (Å²) in [5, 5.41) is 0. The normalized spacial score (nSPS) is 16.6. The summed E-state index contributed by atoms with van der Waals surface area (Å²) in [7, 11) is -3.74. The van der Waals surface area contributed by atoms with Gasteiger partial charge in [-0.1, -0.05) is 24.3 Å². The summed E-state index contributed by atoms with van der Waals surface area (Å²) in [6, 6.07) is 20.3. The summed E-state index contributed by atoms with van der Waals surface area (Å²) in [4.78, 5) is 17.0. The lowest BCUT2D eigenvalue weighted by molar-refractivity contribution is 0.0989. The minimum atomic E-state index is -3.74. The van der Waals surface area contributed by atoms with Gasteiger partial charge < -0.3 is 9.80 Å². The number of nitrogens with zero attached hydrogens (tertiary/aromatic N) is 3. The van der Waals surface area contributed by atoms with E-state index in [1.165, 1.54) is 28.6 Å². The Morgan fingerprint density at radius 2 is 1.55 bits per heavy atom. The maximum atomic E-state index is 13.3. The van der Waals surface area contributed by atoms with Gasteiger partial charge in [0.2, 0.25) is 10.0 Å². The molecule has 0 aromatic heterocycles. The number of amides is 1. The number of hydrogen-bond acceptors (Lipinski definition) is 4. The van der Waals surface area contributed by atoms with Crippen LogP contribution in [0.2, 0.25) is 0 Å². The molecule has 0 N–H and O–H groups in total. The highest BCUT2D eigenvalue weighted by atomic mass is 32.2. The van der Waals surface area contributed by atoms with Gasteiger partial charge in [0.15, 0.2) is 0 Å². The van der Waals surface area contributed by atoms with Gasteiger partial charge in [0.05, 0.1) is 4.90 Å². The van der Waals surface area contributed by atoms with Crippen molar-refractivity contribution in [2.45, 2.75) is 11.3 Å². The van der Waals surface area contributed by atoms with E-state index in [0.29, 0.717) is 38.3 Å². The number of para-hydroxylation sites is 1. The van der Waals surface area contributed by atoms with Crippen LogP contribution in [0.4, 0.5) is 15.8 Å². The minimum Gasteiger partial charge on any atom is -0.369 e. The Hall–Kier alpha value is -3.23. The Bertz CT molecular complexity index is 1290. The molecule has 0 bridgehead atoms. The smallest absolute Gasteiger partial charge is 0.258 e. The number of carbonyl (C=O) groups is 1. The molecule has 1 saturated heterocycles. The van der Waals surface area contributed by atoms with Gasteiger partial charge in [0.25, 0.3) is 5.91 Å². The van der Waals surface area contributed by atoms with Crippen molar-refractivity contribution in [2.75, 3.05) is 42.5 Å². The molecule has 3 aromatic rings. The van der Waals surface area contributed by atoms with Crippen LogP contribution < -0.4 is 9.80 Å². The van der Waals surface area contributed by atoms with Crippen LogP contribution in [0, 0.1) is 5.82 Å². The monoisotopic (exact) mass is 465 g/mol. The average Bonchev–Trinajstić information content (AvgIpc) is 3.28. The second-order valence-electron chi connectivity index (χ2n) is 8.23. The molecule has 5 rings (SSSR count). The van der Waals surface area contributed by atoms with Gasteiger partial charge in [-0.25, -0.2) is 12.8 Å². The third kappa shape index (κ3) is 4.12. The largest absolute Gasteiger partial charge is 0.369 e. The van der Waals surface area contributed by atoms with E-state index in [4.69, 9.17) is 0 Å². The maximum absolute atomic E-state index is 13.3. The fourth-order valence-corrected chi connectivity index (χ4v) is 5.95. The maximum Gasteiger partial charge on any atom is 0.258 e. The van der Waals surface area contributed by atoms with Crippen molar-refractivity contribution in [3.05, 3.63) is 89.7 Å². The number of sulfonamides is 1. The van der Waals surface area contributed by atoms with E-state index in [1.54, 1.807) is 29.2 Å². The van der Waals surface area contributed by atoms with Gasteiger partial charge in [0, 0.05) is 49.7 Å². The molecule has 0 aliphatic carbocycles. The number of halogens is 1.